The summed E-state index contributed by atoms with van der Waals surface area (Å²) in [6, 6.07) is 0. The third-order valence-electron chi connectivity index (χ3n) is 0.445. The zero-order valence-corrected chi connectivity index (χ0v) is 8.52. The lowest BCUT2D eigenvalue weighted by Crippen LogP contribution is -1.70. The van der Waals surface area contributed by atoms with Crippen LogP contribution in [0.2, 0.25) is 0 Å². The Balaban J connectivity index is 0. The summed E-state index contributed by atoms with van der Waals surface area (Å²) in [4.78, 5) is 0. The van der Waals surface area contributed by atoms with Crippen LogP contribution in [0.4, 0.5) is 0 Å². The molecule has 0 aromatic heterocycles. The van der Waals surface area contributed by atoms with Crippen molar-refractivity contribution in [3.63, 3.8) is 0 Å². The molecule has 0 atom stereocenters. The fraction of sp³-hybridized carbons (Fsp3) is 0.667. The van der Waals surface area contributed by atoms with Crippen LogP contribution in [0.5, 0.6) is 0 Å². The van der Waals surface area contributed by atoms with Gasteiger partial charge in [0, 0.05) is 23.2 Å². The average Bonchev–Trinajstić information content (AvgIpc) is 1.93. The molecule has 0 rings (SSSR count). The van der Waals surface area contributed by atoms with E-state index >= 15 is 0 Å². The second-order valence-electron chi connectivity index (χ2n) is 1.25. The van der Waals surface area contributed by atoms with Gasteiger partial charge < -0.3 is 0 Å². The maximum Gasteiger partial charge on any atom is 0.0415 e. The molecule has 0 heterocycles. The normalized spacial score (nSPS) is 9.20. The van der Waals surface area contributed by atoms with Crippen molar-refractivity contribution in [3.8, 4) is 0 Å². The van der Waals surface area contributed by atoms with Gasteiger partial charge in [-0.1, -0.05) is 17.7 Å². The van der Waals surface area contributed by atoms with Crippen molar-refractivity contribution in [1.29, 1.82) is 0 Å². The van der Waals surface area contributed by atoms with E-state index < -0.39 is 0 Å². The van der Waals surface area contributed by atoms with Crippen molar-refractivity contribution < 1.29 is 0 Å². The minimum atomic E-state index is 0.503. The van der Waals surface area contributed by atoms with E-state index in [0.717, 1.165) is 6.42 Å². The van der Waals surface area contributed by atoms with Gasteiger partial charge in [0.1, 0.15) is 0 Å². The van der Waals surface area contributed by atoms with Gasteiger partial charge in [-0.15, -0.1) is 34.8 Å². The molecule has 0 amide bonds. The monoisotopic (exact) mass is 222 g/mol. The topological polar surface area (TPSA) is 0 Å². The number of rotatable bonds is 3. The van der Waals surface area contributed by atoms with Crippen LogP contribution in [0.1, 0.15) is 6.42 Å². The molecule has 0 aliphatic carbocycles. The van der Waals surface area contributed by atoms with Crippen molar-refractivity contribution in [2.45, 2.75) is 6.42 Å². The van der Waals surface area contributed by atoms with Crippen LogP contribution in [0, 0.1) is 0 Å². The van der Waals surface area contributed by atoms with E-state index in [9.17, 15) is 0 Å². The Morgan fingerprint density at radius 3 is 1.50 bits per heavy atom. The van der Waals surface area contributed by atoms with E-state index in [2.05, 4.69) is 0 Å². The van der Waals surface area contributed by atoms with Gasteiger partial charge in [-0.2, -0.15) is 0 Å². The minimum Gasteiger partial charge on any atom is -0.127 e. The fourth-order valence-electron chi connectivity index (χ4n) is 0.0842. The smallest absolute Gasteiger partial charge is 0.0415 e. The summed E-state index contributed by atoms with van der Waals surface area (Å²) < 4.78 is 0. The molecule has 0 fully saturated rings. The molecular formula is C6H10Cl4. The summed E-state index contributed by atoms with van der Waals surface area (Å²) in [6.07, 6.45) is 2.58. The molecule has 62 valence electrons. The van der Waals surface area contributed by atoms with Crippen molar-refractivity contribution in [2.24, 2.45) is 0 Å². The van der Waals surface area contributed by atoms with Gasteiger partial charge in [0.15, 0.2) is 0 Å². The van der Waals surface area contributed by atoms with E-state index in [-0.39, 0.29) is 0 Å². The second-order valence-corrected chi connectivity index (χ2v) is 2.56. The summed E-state index contributed by atoms with van der Waals surface area (Å²) >= 11 is 20.6. The largest absolute Gasteiger partial charge is 0.127 e. The first-order valence-electron chi connectivity index (χ1n) is 2.76. The predicted octanol–water partition coefficient (Wildman–Crippen LogP) is 3.83. The van der Waals surface area contributed by atoms with Crippen molar-refractivity contribution in [3.05, 3.63) is 11.6 Å². The molecular weight excluding hydrogens is 214 g/mol. The van der Waals surface area contributed by atoms with E-state index in [1.165, 1.54) is 5.54 Å². The molecule has 0 nitrogen and oxygen atoms in total. The summed E-state index contributed by atoms with van der Waals surface area (Å²) in [5, 5.41) is 0. The van der Waals surface area contributed by atoms with E-state index in [1.807, 2.05) is 0 Å². The lowest BCUT2D eigenvalue weighted by molar-refractivity contribution is 1.11. The Morgan fingerprint density at radius 2 is 1.50 bits per heavy atom. The summed E-state index contributed by atoms with van der Waals surface area (Å²) in [6.45, 7) is 0. The number of allylic oxidation sites excluding steroid dienone is 1. The summed E-state index contributed by atoms with van der Waals surface area (Å²) in [7, 11) is 0. The highest BCUT2D eigenvalue weighted by Crippen LogP contribution is 1.84. The minimum absolute atomic E-state index is 0.503. The lowest BCUT2D eigenvalue weighted by atomic mass is 10.6. The van der Waals surface area contributed by atoms with Gasteiger partial charge >= 0.3 is 0 Å². The number of hydrogen-bond acceptors (Lipinski definition) is 0. The molecule has 0 aromatic rings. The van der Waals surface area contributed by atoms with Gasteiger partial charge in [0.05, 0.1) is 0 Å². The molecule has 0 saturated heterocycles. The first-order chi connectivity index (χ1) is 4.83. The second kappa shape index (κ2) is 16.5. The van der Waals surface area contributed by atoms with Crippen LogP contribution < -0.4 is 0 Å². The van der Waals surface area contributed by atoms with E-state index in [4.69, 9.17) is 46.4 Å². The Bertz CT molecular complexity index is 60.8. The van der Waals surface area contributed by atoms with Crippen molar-refractivity contribution >= 4 is 46.4 Å². The fourth-order valence-corrected chi connectivity index (χ4v) is 0.758. The molecule has 0 unspecified atom stereocenters. The summed E-state index contributed by atoms with van der Waals surface area (Å²) in [5.41, 5.74) is 1.40. The zero-order chi connectivity index (χ0) is 8.24. The number of alkyl halides is 3. The van der Waals surface area contributed by atoms with Gasteiger partial charge in [-0.25, -0.2) is 0 Å². The van der Waals surface area contributed by atoms with E-state index in [1.54, 1.807) is 6.08 Å². The zero-order valence-electron chi connectivity index (χ0n) is 5.49. The van der Waals surface area contributed by atoms with E-state index in [0.29, 0.717) is 17.6 Å². The van der Waals surface area contributed by atoms with Gasteiger partial charge in [-0.05, 0) is 6.42 Å². The highest BCUT2D eigenvalue weighted by atomic mass is 35.5. The van der Waals surface area contributed by atoms with Gasteiger partial charge in [-0.3, -0.25) is 0 Å². The maximum absolute atomic E-state index is 5.22. The Labute approximate surface area is 82.1 Å². The Hall–Kier alpha value is 0.900. The highest BCUT2D eigenvalue weighted by molar-refractivity contribution is 6.26. The maximum atomic E-state index is 5.22. The lowest BCUT2D eigenvalue weighted by Gasteiger charge is -1.75. The third-order valence-corrected chi connectivity index (χ3v) is 1.34. The Kier molecular flexibility index (Phi) is 22.2. The standard InChI is InChI=1S/C3H6Cl2.C3H4Cl2/c2*4-2-1-3-5/h1-3H2;1-2H,3H2. The SMILES string of the molecule is ClC=CCCl.ClCCCCl. The first kappa shape index (κ1) is 13.5. The van der Waals surface area contributed by atoms with Crippen molar-refractivity contribution in [1.82, 2.24) is 0 Å². The molecule has 0 aromatic carbocycles. The number of hydrogen-bond donors (Lipinski definition) is 0. The summed E-state index contributed by atoms with van der Waals surface area (Å²) in [5.74, 6) is 1.87. The van der Waals surface area contributed by atoms with Crippen LogP contribution >= 0.6 is 46.4 Å². The number of halogens is 4. The average molecular weight is 224 g/mol. The van der Waals surface area contributed by atoms with Crippen LogP contribution in [0.3, 0.4) is 0 Å². The first-order valence-corrected chi connectivity index (χ1v) is 4.80. The molecule has 0 radical (unpaired) electrons. The van der Waals surface area contributed by atoms with Crippen LogP contribution in [0.25, 0.3) is 0 Å². The molecule has 0 bridgehead atoms. The third kappa shape index (κ3) is 23.1. The Morgan fingerprint density at radius 1 is 1.00 bits per heavy atom. The highest BCUT2D eigenvalue weighted by Gasteiger charge is 1.72. The molecule has 0 aliphatic heterocycles. The van der Waals surface area contributed by atoms with Crippen LogP contribution in [-0.4, -0.2) is 17.6 Å². The molecule has 0 aliphatic rings. The molecule has 0 spiro atoms. The molecule has 0 saturated carbocycles. The van der Waals surface area contributed by atoms with Gasteiger partial charge in [0.25, 0.3) is 0 Å². The van der Waals surface area contributed by atoms with Gasteiger partial charge in [0.2, 0.25) is 0 Å². The van der Waals surface area contributed by atoms with Crippen LogP contribution in [-0.2, 0) is 0 Å². The van der Waals surface area contributed by atoms with Crippen LogP contribution in [0.15, 0.2) is 11.6 Å². The quantitative estimate of drug-likeness (QED) is 0.639. The molecule has 4 heteroatoms. The predicted molar refractivity (Wildman–Crippen MR) is 51.8 cm³/mol. The van der Waals surface area contributed by atoms with Crippen molar-refractivity contribution in [2.75, 3.05) is 17.6 Å². The molecule has 0 N–H and O–H groups in total. The molecule has 10 heavy (non-hydrogen) atoms.